The van der Waals surface area contributed by atoms with Crippen molar-refractivity contribution >= 4 is 5.71 Å². The van der Waals surface area contributed by atoms with Gasteiger partial charge in [-0.3, -0.25) is 0 Å². The van der Waals surface area contributed by atoms with Crippen LogP contribution >= 0.6 is 0 Å². The van der Waals surface area contributed by atoms with Gasteiger partial charge in [0.05, 0.1) is 5.71 Å². The third-order valence-corrected chi connectivity index (χ3v) is 2.92. The lowest BCUT2D eigenvalue weighted by molar-refractivity contribution is 0.0293. The van der Waals surface area contributed by atoms with Crippen LogP contribution in [0.2, 0.25) is 0 Å². The van der Waals surface area contributed by atoms with Crippen molar-refractivity contribution in [3.05, 3.63) is 0 Å². The minimum atomic E-state index is 0.422. The molecule has 2 nitrogen and oxygen atoms in total. The molecule has 0 amide bonds. The highest BCUT2D eigenvalue weighted by molar-refractivity contribution is 5.85. The van der Waals surface area contributed by atoms with Crippen molar-refractivity contribution in [2.75, 3.05) is 0 Å². The zero-order valence-corrected chi connectivity index (χ0v) is 7.21. The first-order valence-corrected chi connectivity index (χ1v) is 4.47. The van der Waals surface area contributed by atoms with Crippen LogP contribution in [-0.4, -0.2) is 11.8 Å². The quantitative estimate of drug-likeness (QED) is 0.522. The second-order valence-electron chi connectivity index (χ2n) is 3.90. The molecule has 0 bridgehead atoms. The summed E-state index contributed by atoms with van der Waals surface area (Å²) in [6, 6.07) is 0. The summed E-state index contributed by atoms with van der Waals surface area (Å²) in [7, 11) is 0. The Kier molecular flexibility index (Phi) is 1.63. The van der Waals surface area contributed by atoms with Gasteiger partial charge < -0.3 is 4.84 Å². The molecule has 0 aromatic carbocycles. The zero-order chi connectivity index (χ0) is 7.84. The van der Waals surface area contributed by atoms with E-state index in [0.717, 1.165) is 5.92 Å². The van der Waals surface area contributed by atoms with E-state index >= 15 is 0 Å². The van der Waals surface area contributed by atoms with E-state index in [0.29, 0.717) is 12.0 Å². The Morgan fingerprint density at radius 3 is 3.09 bits per heavy atom. The van der Waals surface area contributed by atoms with Crippen LogP contribution in [0.3, 0.4) is 0 Å². The maximum absolute atomic E-state index is 5.31. The molecule has 0 N–H and O–H groups in total. The first kappa shape index (κ1) is 7.14. The van der Waals surface area contributed by atoms with Crippen molar-refractivity contribution in [1.82, 2.24) is 0 Å². The Morgan fingerprint density at radius 2 is 2.27 bits per heavy atom. The van der Waals surface area contributed by atoms with E-state index in [1.165, 1.54) is 25.0 Å². The molecule has 0 spiro atoms. The van der Waals surface area contributed by atoms with Crippen molar-refractivity contribution in [2.24, 2.45) is 17.0 Å². The van der Waals surface area contributed by atoms with Gasteiger partial charge in [-0.2, -0.15) is 0 Å². The van der Waals surface area contributed by atoms with E-state index in [-0.39, 0.29) is 0 Å². The molecule has 1 aliphatic heterocycles. The highest BCUT2D eigenvalue weighted by Gasteiger charge is 2.36. The number of rotatable bonds is 0. The van der Waals surface area contributed by atoms with Crippen molar-refractivity contribution in [3.63, 3.8) is 0 Å². The highest BCUT2D eigenvalue weighted by Crippen LogP contribution is 2.35. The maximum atomic E-state index is 5.31. The third kappa shape index (κ3) is 1.15. The SMILES string of the molecule is CC1=NOC2CCC(C)CC12. The molecule has 3 unspecified atom stereocenters. The second kappa shape index (κ2) is 2.50. The molecule has 3 atom stereocenters. The molecule has 0 aromatic heterocycles. The Labute approximate surface area is 67.6 Å². The average Bonchev–Trinajstić information content (AvgIpc) is 2.33. The van der Waals surface area contributed by atoms with Crippen LogP contribution in [0.4, 0.5) is 0 Å². The van der Waals surface area contributed by atoms with Gasteiger partial charge in [0.2, 0.25) is 0 Å². The molecular formula is C9H15NO. The number of oxime groups is 1. The Hall–Kier alpha value is -0.530. The monoisotopic (exact) mass is 153 g/mol. The van der Waals surface area contributed by atoms with E-state index in [1.807, 2.05) is 0 Å². The zero-order valence-electron chi connectivity index (χ0n) is 7.21. The van der Waals surface area contributed by atoms with E-state index in [9.17, 15) is 0 Å². The van der Waals surface area contributed by atoms with Gasteiger partial charge in [-0.05, 0) is 32.1 Å². The first-order valence-electron chi connectivity index (χ1n) is 4.47. The lowest BCUT2D eigenvalue weighted by Crippen LogP contribution is -2.29. The van der Waals surface area contributed by atoms with Crippen LogP contribution in [-0.2, 0) is 4.84 Å². The molecular weight excluding hydrogens is 138 g/mol. The van der Waals surface area contributed by atoms with Gasteiger partial charge in [-0.15, -0.1) is 0 Å². The molecule has 11 heavy (non-hydrogen) atoms. The molecule has 1 saturated carbocycles. The van der Waals surface area contributed by atoms with Crippen LogP contribution < -0.4 is 0 Å². The fourth-order valence-corrected chi connectivity index (χ4v) is 2.14. The number of nitrogens with zero attached hydrogens (tertiary/aromatic N) is 1. The molecule has 0 saturated heterocycles. The minimum Gasteiger partial charge on any atom is -0.392 e. The van der Waals surface area contributed by atoms with Gasteiger partial charge >= 0.3 is 0 Å². The molecule has 1 fully saturated rings. The molecule has 0 radical (unpaired) electrons. The number of hydrogen-bond donors (Lipinski definition) is 0. The van der Waals surface area contributed by atoms with Crippen molar-refractivity contribution in [3.8, 4) is 0 Å². The standard InChI is InChI=1S/C9H15NO/c1-6-3-4-9-8(5-6)7(2)10-11-9/h6,8-9H,3-5H2,1-2H3. The number of fused-ring (bicyclic) bond motifs is 1. The van der Waals surface area contributed by atoms with Gasteiger partial charge in [-0.25, -0.2) is 0 Å². The lowest BCUT2D eigenvalue weighted by atomic mass is 9.79. The summed E-state index contributed by atoms with van der Waals surface area (Å²) in [5.74, 6) is 1.50. The Bertz CT molecular complexity index is 188. The van der Waals surface area contributed by atoms with E-state index in [1.54, 1.807) is 0 Å². The predicted octanol–water partition coefficient (Wildman–Crippen LogP) is 2.20. The largest absolute Gasteiger partial charge is 0.392 e. The van der Waals surface area contributed by atoms with Gasteiger partial charge in [0.25, 0.3) is 0 Å². The smallest absolute Gasteiger partial charge is 0.135 e. The Morgan fingerprint density at radius 1 is 1.45 bits per heavy atom. The summed E-state index contributed by atoms with van der Waals surface area (Å²) in [5.41, 5.74) is 1.21. The van der Waals surface area contributed by atoms with Gasteiger partial charge in [0.15, 0.2) is 0 Å². The summed E-state index contributed by atoms with van der Waals surface area (Å²) in [6.07, 6.45) is 4.21. The van der Waals surface area contributed by atoms with Crippen LogP contribution in [0.1, 0.15) is 33.1 Å². The van der Waals surface area contributed by atoms with Crippen LogP contribution in [0, 0.1) is 11.8 Å². The van der Waals surface area contributed by atoms with E-state index in [2.05, 4.69) is 19.0 Å². The fourth-order valence-electron chi connectivity index (χ4n) is 2.14. The summed E-state index contributed by atoms with van der Waals surface area (Å²) < 4.78 is 0. The minimum absolute atomic E-state index is 0.422. The lowest BCUT2D eigenvalue weighted by Gasteiger charge is -2.27. The molecule has 2 aliphatic rings. The van der Waals surface area contributed by atoms with Crippen molar-refractivity contribution < 1.29 is 4.84 Å². The topological polar surface area (TPSA) is 21.6 Å². The van der Waals surface area contributed by atoms with Gasteiger partial charge in [0, 0.05) is 5.92 Å². The first-order chi connectivity index (χ1) is 5.27. The average molecular weight is 153 g/mol. The van der Waals surface area contributed by atoms with Crippen LogP contribution in [0.15, 0.2) is 5.16 Å². The Balaban J connectivity index is 2.07. The van der Waals surface area contributed by atoms with Crippen LogP contribution in [0.5, 0.6) is 0 Å². The maximum Gasteiger partial charge on any atom is 0.135 e. The summed E-state index contributed by atoms with van der Waals surface area (Å²) >= 11 is 0. The predicted molar refractivity (Wildman–Crippen MR) is 44.5 cm³/mol. The summed E-state index contributed by atoms with van der Waals surface area (Å²) in [5, 5.41) is 4.03. The van der Waals surface area contributed by atoms with E-state index < -0.39 is 0 Å². The fraction of sp³-hybridized carbons (Fsp3) is 0.889. The molecule has 2 heteroatoms. The second-order valence-corrected chi connectivity index (χ2v) is 3.90. The summed E-state index contributed by atoms with van der Waals surface area (Å²) in [4.78, 5) is 5.31. The van der Waals surface area contributed by atoms with Gasteiger partial charge in [0.1, 0.15) is 6.10 Å². The van der Waals surface area contributed by atoms with Crippen molar-refractivity contribution in [1.29, 1.82) is 0 Å². The molecule has 1 heterocycles. The molecule has 1 aliphatic carbocycles. The van der Waals surface area contributed by atoms with Gasteiger partial charge in [-0.1, -0.05) is 12.1 Å². The number of hydrogen-bond acceptors (Lipinski definition) is 2. The molecule has 2 rings (SSSR count). The third-order valence-electron chi connectivity index (χ3n) is 2.92. The van der Waals surface area contributed by atoms with Crippen molar-refractivity contribution in [2.45, 2.75) is 39.2 Å². The van der Waals surface area contributed by atoms with E-state index in [4.69, 9.17) is 4.84 Å². The highest BCUT2D eigenvalue weighted by atomic mass is 16.6. The molecule has 62 valence electrons. The van der Waals surface area contributed by atoms with Crippen LogP contribution in [0.25, 0.3) is 0 Å². The summed E-state index contributed by atoms with van der Waals surface area (Å²) in [6.45, 7) is 4.41. The molecule has 0 aromatic rings. The normalized spacial score (nSPS) is 42.7.